The average molecular weight is 194 g/mol. The number of H-pyrrole nitrogens is 1. The zero-order valence-corrected chi connectivity index (χ0v) is 7.85. The van der Waals surface area contributed by atoms with Crippen LogP contribution in [-0.4, -0.2) is 10.8 Å². The van der Waals surface area contributed by atoms with Crippen molar-refractivity contribution in [3.63, 3.8) is 0 Å². The molecule has 0 spiro atoms. The van der Waals surface area contributed by atoms with E-state index in [0.717, 1.165) is 10.9 Å². The number of aromatic amines is 1. The van der Waals surface area contributed by atoms with E-state index >= 15 is 0 Å². The van der Waals surface area contributed by atoms with Gasteiger partial charge in [-0.15, -0.1) is 0 Å². The molecule has 1 aromatic heterocycles. The fourth-order valence-corrected chi connectivity index (χ4v) is 1.64. The number of nitrogens with one attached hydrogen (secondary N) is 1. The highest BCUT2D eigenvalue weighted by Crippen LogP contribution is 2.22. The number of hydrogen-bond acceptors (Lipinski definition) is 1. The summed E-state index contributed by atoms with van der Waals surface area (Å²) in [6.45, 7) is 1.55. The number of carbonyl (C=O) groups is 1. The molecule has 2 rings (SSSR count). The summed E-state index contributed by atoms with van der Waals surface area (Å²) in [6.07, 6.45) is 0. The maximum absolute atomic E-state index is 11.2. The van der Waals surface area contributed by atoms with Gasteiger partial charge in [0.25, 0.3) is 0 Å². The summed E-state index contributed by atoms with van der Waals surface area (Å²) in [4.78, 5) is 14.2. The summed E-state index contributed by atoms with van der Waals surface area (Å²) in [5, 5.41) is 1.45. The van der Waals surface area contributed by atoms with Crippen LogP contribution in [0.5, 0.6) is 0 Å². The summed E-state index contributed by atoms with van der Waals surface area (Å²) < 4.78 is 0. The van der Waals surface area contributed by atoms with Gasteiger partial charge in [-0.05, 0) is 19.1 Å². The van der Waals surface area contributed by atoms with Gasteiger partial charge < -0.3 is 4.98 Å². The zero-order valence-electron chi connectivity index (χ0n) is 7.10. The second kappa shape index (κ2) is 2.89. The van der Waals surface area contributed by atoms with Gasteiger partial charge in [0.15, 0.2) is 5.78 Å². The molecule has 0 atom stereocenters. The summed E-state index contributed by atoms with van der Waals surface area (Å²) in [5.74, 6) is 0.0567. The van der Waals surface area contributed by atoms with Crippen LogP contribution in [-0.2, 0) is 0 Å². The second-order valence-electron chi connectivity index (χ2n) is 2.94. The van der Waals surface area contributed by atoms with Crippen LogP contribution in [0.25, 0.3) is 10.9 Å². The Hall–Kier alpha value is -1.28. The number of ketones is 1. The molecule has 0 saturated heterocycles. The lowest BCUT2D eigenvalue weighted by molar-refractivity contribution is 0.101. The van der Waals surface area contributed by atoms with Crippen molar-refractivity contribution in [2.45, 2.75) is 6.92 Å². The first kappa shape index (κ1) is 8.32. The van der Waals surface area contributed by atoms with Crippen LogP contribution < -0.4 is 0 Å². The fraction of sp³-hybridized carbons (Fsp3) is 0.100. The van der Waals surface area contributed by atoms with E-state index in [4.69, 9.17) is 11.6 Å². The van der Waals surface area contributed by atoms with Crippen LogP contribution in [0.2, 0.25) is 5.15 Å². The summed E-state index contributed by atoms with van der Waals surface area (Å²) in [7, 11) is 0. The van der Waals surface area contributed by atoms with Crippen molar-refractivity contribution in [3.8, 4) is 0 Å². The third kappa shape index (κ3) is 1.33. The Labute approximate surface area is 80.5 Å². The van der Waals surface area contributed by atoms with E-state index in [1.165, 1.54) is 0 Å². The molecule has 66 valence electrons. The second-order valence-corrected chi connectivity index (χ2v) is 3.35. The van der Waals surface area contributed by atoms with E-state index in [9.17, 15) is 4.79 Å². The monoisotopic (exact) mass is 193 g/mol. The van der Waals surface area contributed by atoms with Gasteiger partial charge in [-0.3, -0.25) is 4.79 Å². The predicted octanol–water partition coefficient (Wildman–Crippen LogP) is 3.02. The van der Waals surface area contributed by atoms with Crippen molar-refractivity contribution >= 4 is 28.3 Å². The van der Waals surface area contributed by atoms with Gasteiger partial charge in [0.05, 0.1) is 0 Å². The molecule has 2 aromatic rings. The van der Waals surface area contributed by atoms with Crippen LogP contribution in [0.15, 0.2) is 24.3 Å². The number of Topliss-reactive ketones (excluding diaryl/α,β-unsaturated/α-hetero) is 1. The molecule has 1 aromatic carbocycles. The largest absolute Gasteiger partial charge is 0.346 e. The normalized spacial score (nSPS) is 10.6. The quantitative estimate of drug-likeness (QED) is 0.694. The maximum atomic E-state index is 11.2. The lowest BCUT2D eigenvalue weighted by Gasteiger charge is -1.96. The maximum Gasteiger partial charge on any atom is 0.160 e. The molecular formula is C10H8ClNO. The number of benzene rings is 1. The number of aromatic nitrogens is 1. The number of fused-ring (bicyclic) bond motifs is 1. The fourth-order valence-electron chi connectivity index (χ4n) is 1.43. The summed E-state index contributed by atoms with van der Waals surface area (Å²) in [6, 6.07) is 7.31. The topological polar surface area (TPSA) is 32.9 Å². The van der Waals surface area contributed by atoms with E-state index in [-0.39, 0.29) is 5.78 Å². The minimum Gasteiger partial charge on any atom is -0.346 e. The van der Waals surface area contributed by atoms with Crippen molar-refractivity contribution in [2.75, 3.05) is 0 Å². The zero-order chi connectivity index (χ0) is 9.42. The van der Waals surface area contributed by atoms with Gasteiger partial charge >= 0.3 is 0 Å². The lowest BCUT2D eigenvalue weighted by Crippen LogP contribution is -1.91. The predicted molar refractivity (Wildman–Crippen MR) is 53.3 cm³/mol. The average Bonchev–Trinajstić information content (AvgIpc) is 2.43. The molecule has 0 amide bonds. The Morgan fingerprint density at radius 3 is 2.92 bits per heavy atom. The first-order valence-electron chi connectivity index (χ1n) is 3.96. The van der Waals surface area contributed by atoms with Gasteiger partial charge in [-0.1, -0.05) is 23.7 Å². The van der Waals surface area contributed by atoms with Crippen LogP contribution in [0.1, 0.15) is 17.3 Å². The highest BCUT2D eigenvalue weighted by atomic mass is 35.5. The van der Waals surface area contributed by atoms with E-state index in [1.54, 1.807) is 19.1 Å². The van der Waals surface area contributed by atoms with Crippen molar-refractivity contribution in [1.29, 1.82) is 0 Å². The lowest BCUT2D eigenvalue weighted by atomic mass is 10.1. The van der Waals surface area contributed by atoms with Gasteiger partial charge in [0.2, 0.25) is 0 Å². The molecule has 1 heterocycles. The van der Waals surface area contributed by atoms with Crippen molar-refractivity contribution in [2.24, 2.45) is 0 Å². The number of rotatable bonds is 1. The van der Waals surface area contributed by atoms with Crippen LogP contribution >= 0.6 is 11.6 Å². The number of hydrogen-bond donors (Lipinski definition) is 1. The van der Waals surface area contributed by atoms with Gasteiger partial charge in [-0.2, -0.15) is 0 Å². The summed E-state index contributed by atoms with van der Waals surface area (Å²) >= 11 is 5.79. The molecule has 13 heavy (non-hydrogen) atoms. The minimum atomic E-state index is 0.0567. The van der Waals surface area contributed by atoms with Crippen LogP contribution in [0.3, 0.4) is 0 Å². The van der Waals surface area contributed by atoms with Gasteiger partial charge in [-0.25, -0.2) is 0 Å². The first-order chi connectivity index (χ1) is 6.18. The molecule has 0 bridgehead atoms. The molecule has 2 nitrogen and oxygen atoms in total. The Morgan fingerprint density at radius 1 is 1.46 bits per heavy atom. The molecule has 0 radical (unpaired) electrons. The van der Waals surface area contributed by atoms with Crippen molar-refractivity contribution in [3.05, 3.63) is 35.0 Å². The third-order valence-corrected chi connectivity index (χ3v) is 2.21. The highest BCUT2D eigenvalue weighted by Gasteiger charge is 2.06. The number of halogens is 1. The first-order valence-corrected chi connectivity index (χ1v) is 4.34. The molecule has 0 saturated carbocycles. The Kier molecular flexibility index (Phi) is 1.85. The standard InChI is InChI=1S/C10H8ClNO/c1-6(13)7-3-2-4-9-8(7)5-10(11)12-9/h2-5,12H,1H3. The van der Waals surface area contributed by atoms with Gasteiger partial charge in [0, 0.05) is 16.5 Å². The minimum absolute atomic E-state index is 0.0567. The molecule has 0 aliphatic rings. The molecule has 0 unspecified atom stereocenters. The molecule has 0 aliphatic heterocycles. The molecule has 3 heteroatoms. The van der Waals surface area contributed by atoms with E-state index in [0.29, 0.717) is 10.7 Å². The third-order valence-electron chi connectivity index (χ3n) is 2.01. The van der Waals surface area contributed by atoms with E-state index in [1.807, 2.05) is 12.1 Å². The SMILES string of the molecule is CC(=O)c1cccc2[nH]c(Cl)cc12. The Bertz CT molecular complexity index is 473. The highest BCUT2D eigenvalue weighted by molar-refractivity contribution is 6.31. The Balaban J connectivity index is 2.82. The van der Waals surface area contributed by atoms with Crippen molar-refractivity contribution < 1.29 is 4.79 Å². The molecular weight excluding hydrogens is 186 g/mol. The summed E-state index contributed by atoms with van der Waals surface area (Å²) in [5.41, 5.74) is 1.61. The molecule has 0 aliphatic carbocycles. The smallest absolute Gasteiger partial charge is 0.160 e. The van der Waals surface area contributed by atoms with E-state index in [2.05, 4.69) is 4.98 Å². The van der Waals surface area contributed by atoms with Crippen molar-refractivity contribution in [1.82, 2.24) is 4.98 Å². The Morgan fingerprint density at radius 2 is 2.23 bits per heavy atom. The van der Waals surface area contributed by atoms with Gasteiger partial charge in [0.1, 0.15) is 5.15 Å². The van der Waals surface area contributed by atoms with Crippen LogP contribution in [0.4, 0.5) is 0 Å². The van der Waals surface area contributed by atoms with Crippen LogP contribution in [0, 0.1) is 0 Å². The number of carbonyl (C=O) groups excluding carboxylic acids is 1. The molecule has 1 N–H and O–H groups in total. The van der Waals surface area contributed by atoms with E-state index < -0.39 is 0 Å². The molecule has 0 fully saturated rings.